The van der Waals surface area contributed by atoms with Crippen molar-refractivity contribution in [3.8, 4) is 0 Å². The summed E-state index contributed by atoms with van der Waals surface area (Å²) in [5.74, 6) is 0. The van der Waals surface area contributed by atoms with E-state index in [9.17, 15) is 0 Å². The average molecular weight is 151 g/mol. The van der Waals surface area contributed by atoms with E-state index in [0.717, 1.165) is 6.42 Å². The van der Waals surface area contributed by atoms with Crippen LogP contribution in [0.5, 0.6) is 0 Å². The van der Waals surface area contributed by atoms with Crippen molar-refractivity contribution < 1.29 is 0 Å². The van der Waals surface area contributed by atoms with E-state index < -0.39 is 0 Å². The van der Waals surface area contributed by atoms with Crippen molar-refractivity contribution in [2.45, 2.75) is 20.3 Å². The zero-order valence-corrected chi connectivity index (χ0v) is 7.59. The first kappa shape index (κ1) is 10.0. The highest BCUT2D eigenvalue weighted by Crippen LogP contribution is 2.02. The summed E-state index contributed by atoms with van der Waals surface area (Å²) in [6, 6.07) is 0. The van der Waals surface area contributed by atoms with Gasteiger partial charge in [0.15, 0.2) is 0 Å². The minimum Gasteiger partial charge on any atom is -0.394 e. The van der Waals surface area contributed by atoms with Crippen LogP contribution in [0.15, 0.2) is 36.1 Å². The third-order valence-corrected chi connectivity index (χ3v) is 1.30. The molecule has 62 valence electrons. The van der Waals surface area contributed by atoms with Gasteiger partial charge in [-0.25, -0.2) is 0 Å². The Hall–Kier alpha value is -0.980. The van der Waals surface area contributed by atoms with Crippen LogP contribution in [0.3, 0.4) is 0 Å². The molecular formula is C10H17N. The predicted octanol–water partition coefficient (Wildman–Crippen LogP) is 2.63. The van der Waals surface area contributed by atoms with Crippen molar-refractivity contribution in [1.29, 1.82) is 0 Å². The first-order valence-corrected chi connectivity index (χ1v) is 3.95. The summed E-state index contributed by atoms with van der Waals surface area (Å²) in [4.78, 5) is 0. The highest BCUT2D eigenvalue weighted by Gasteiger charge is 1.85. The van der Waals surface area contributed by atoms with Crippen LogP contribution in [0.2, 0.25) is 0 Å². The Morgan fingerprint density at radius 2 is 2.00 bits per heavy atom. The molecule has 0 amide bonds. The molecule has 0 aromatic carbocycles. The second-order valence-corrected chi connectivity index (χ2v) is 2.28. The highest BCUT2D eigenvalue weighted by atomic mass is 14.8. The van der Waals surface area contributed by atoms with Crippen LogP contribution in [-0.2, 0) is 0 Å². The largest absolute Gasteiger partial charge is 0.394 e. The van der Waals surface area contributed by atoms with Crippen LogP contribution in [-0.4, -0.2) is 7.05 Å². The topological polar surface area (TPSA) is 12.0 Å². The van der Waals surface area contributed by atoms with Gasteiger partial charge in [-0.15, -0.1) is 0 Å². The van der Waals surface area contributed by atoms with Crippen molar-refractivity contribution in [3.05, 3.63) is 36.1 Å². The fraction of sp³-hybridized carbons (Fsp3) is 0.400. The first-order chi connectivity index (χ1) is 5.35. The van der Waals surface area contributed by atoms with Crippen LogP contribution in [0.1, 0.15) is 20.3 Å². The molecule has 0 heterocycles. The molecule has 0 atom stereocenters. The Balaban J connectivity index is 4.00. The van der Waals surface area contributed by atoms with Gasteiger partial charge in [0.2, 0.25) is 0 Å². The summed E-state index contributed by atoms with van der Waals surface area (Å²) in [5, 5.41) is 3.01. The molecule has 0 spiro atoms. The Morgan fingerprint density at radius 1 is 1.27 bits per heavy atom. The quantitative estimate of drug-likeness (QED) is 0.481. The molecular weight excluding hydrogens is 134 g/mol. The third kappa shape index (κ3) is 5.46. The maximum absolute atomic E-state index is 3.01. The second kappa shape index (κ2) is 7.13. The monoisotopic (exact) mass is 151 g/mol. The van der Waals surface area contributed by atoms with Crippen molar-refractivity contribution >= 4 is 0 Å². The molecule has 0 aromatic rings. The standard InChI is InChI=1S/C10H17N/c1-4-6-8-10(7-5-2)9-11-3/h4-7,9,11H,8H2,1-3H3/b6-4+,7-5+,10-9-. The maximum atomic E-state index is 3.01. The van der Waals surface area contributed by atoms with E-state index in [1.807, 2.05) is 33.2 Å². The van der Waals surface area contributed by atoms with Crippen LogP contribution < -0.4 is 5.32 Å². The lowest BCUT2D eigenvalue weighted by Gasteiger charge is -1.96. The average Bonchev–Trinajstić information content (AvgIpc) is 2.01. The van der Waals surface area contributed by atoms with Crippen LogP contribution in [0.4, 0.5) is 0 Å². The number of rotatable bonds is 4. The van der Waals surface area contributed by atoms with Crippen molar-refractivity contribution in [2.75, 3.05) is 7.05 Å². The molecule has 0 fully saturated rings. The minimum atomic E-state index is 1.00. The van der Waals surface area contributed by atoms with Crippen molar-refractivity contribution in [3.63, 3.8) is 0 Å². The molecule has 0 radical (unpaired) electrons. The van der Waals surface area contributed by atoms with Gasteiger partial charge < -0.3 is 5.32 Å². The molecule has 0 saturated carbocycles. The fourth-order valence-electron chi connectivity index (χ4n) is 0.828. The lowest BCUT2D eigenvalue weighted by Crippen LogP contribution is -1.94. The first-order valence-electron chi connectivity index (χ1n) is 3.95. The van der Waals surface area contributed by atoms with Gasteiger partial charge >= 0.3 is 0 Å². The van der Waals surface area contributed by atoms with E-state index in [0.29, 0.717) is 0 Å². The van der Waals surface area contributed by atoms with Crippen molar-refractivity contribution in [1.82, 2.24) is 5.32 Å². The van der Waals surface area contributed by atoms with E-state index in [4.69, 9.17) is 0 Å². The van der Waals surface area contributed by atoms with Gasteiger partial charge in [-0.1, -0.05) is 24.3 Å². The van der Waals surface area contributed by atoms with Crippen molar-refractivity contribution in [2.24, 2.45) is 0 Å². The summed E-state index contributed by atoms with van der Waals surface area (Å²) >= 11 is 0. The zero-order chi connectivity index (χ0) is 8.53. The predicted molar refractivity (Wildman–Crippen MR) is 51.4 cm³/mol. The van der Waals surface area contributed by atoms with E-state index in [1.165, 1.54) is 5.57 Å². The summed E-state index contributed by atoms with van der Waals surface area (Å²) in [5.41, 5.74) is 1.30. The molecule has 0 unspecified atom stereocenters. The normalized spacial score (nSPS) is 13.2. The molecule has 11 heavy (non-hydrogen) atoms. The summed E-state index contributed by atoms with van der Waals surface area (Å²) in [6.45, 7) is 4.06. The Bertz CT molecular complexity index is 164. The van der Waals surface area contributed by atoms with Gasteiger partial charge in [0, 0.05) is 7.05 Å². The van der Waals surface area contributed by atoms with Crippen LogP contribution >= 0.6 is 0 Å². The molecule has 0 aromatic heterocycles. The Kier molecular flexibility index (Phi) is 6.50. The molecule has 0 rings (SSSR count). The molecule has 1 nitrogen and oxygen atoms in total. The molecule has 0 aliphatic heterocycles. The number of allylic oxidation sites excluding steroid dienone is 5. The minimum absolute atomic E-state index is 1.00. The fourth-order valence-corrected chi connectivity index (χ4v) is 0.828. The lowest BCUT2D eigenvalue weighted by atomic mass is 10.2. The maximum Gasteiger partial charge on any atom is 0.00278 e. The number of nitrogens with one attached hydrogen (secondary N) is 1. The Morgan fingerprint density at radius 3 is 2.45 bits per heavy atom. The molecule has 0 aliphatic rings. The molecule has 1 N–H and O–H groups in total. The van der Waals surface area contributed by atoms with E-state index in [-0.39, 0.29) is 0 Å². The van der Waals surface area contributed by atoms with E-state index >= 15 is 0 Å². The third-order valence-electron chi connectivity index (χ3n) is 1.30. The van der Waals surface area contributed by atoms with Gasteiger partial charge in [0.05, 0.1) is 0 Å². The van der Waals surface area contributed by atoms with E-state index in [1.54, 1.807) is 0 Å². The summed E-state index contributed by atoms with van der Waals surface area (Å²) in [7, 11) is 1.92. The lowest BCUT2D eigenvalue weighted by molar-refractivity contribution is 1.06. The molecule has 0 saturated heterocycles. The number of hydrogen-bond acceptors (Lipinski definition) is 1. The molecule has 0 aliphatic carbocycles. The SMILES string of the molecule is C/C=C/CC(/C=C/C)=C\NC. The van der Waals surface area contributed by atoms with Gasteiger partial charge in [-0.2, -0.15) is 0 Å². The smallest absolute Gasteiger partial charge is 0.00278 e. The zero-order valence-electron chi connectivity index (χ0n) is 7.59. The van der Waals surface area contributed by atoms with Gasteiger partial charge in [0.25, 0.3) is 0 Å². The van der Waals surface area contributed by atoms with E-state index in [2.05, 4.69) is 23.5 Å². The summed E-state index contributed by atoms with van der Waals surface area (Å²) < 4.78 is 0. The summed E-state index contributed by atoms with van der Waals surface area (Å²) in [6.07, 6.45) is 11.4. The second-order valence-electron chi connectivity index (χ2n) is 2.28. The molecule has 0 bridgehead atoms. The molecule has 1 heteroatoms. The van der Waals surface area contributed by atoms with Crippen LogP contribution in [0.25, 0.3) is 0 Å². The van der Waals surface area contributed by atoms with Gasteiger partial charge in [-0.05, 0) is 32.0 Å². The van der Waals surface area contributed by atoms with Gasteiger partial charge in [-0.3, -0.25) is 0 Å². The number of hydrogen-bond donors (Lipinski definition) is 1. The van der Waals surface area contributed by atoms with Gasteiger partial charge in [0.1, 0.15) is 0 Å². The van der Waals surface area contributed by atoms with Crippen LogP contribution in [0, 0.1) is 0 Å². The highest BCUT2D eigenvalue weighted by molar-refractivity contribution is 5.20. The Labute approximate surface area is 69.5 Å².